The van der Waals surface area contributed by atoms with Gasteiger partial charge in [0.15, 0.2) is 0 Å². The second-order valence-corrected chi connectivity index (χ2v) is 4.79. The fourth-order valence-electron chi connectivity index (χ4n) is 2.47. The van der Waals surface area contributed by atoms with Crippen molar-refractivity contribution < 1.29 is 4.74 Å². The van der Waals surface area contributed by atoms with Crippen LogP contribution in [0.15, 0.2) is 0 Å². The first kappa shape index (κ1) is 12.3. The third kappa shape index (κ3) is 3.70. The number of hydrogen-bond acceptors (Lipinski definition) is 4. The fraction of sp³-hybridized carbons (Fsp3) is 1.00. The molecule has 2 aliphatic heterocycles. The SMILES string of the molecule is CCN1CCN(CCC2COCCN2)CC1. The number of morpholine rings is 1. The summed E-state index contributed by atoms with van der Waals surface area (Å²) in [7, 11) is 0. The molecule has 0 spiro atoms. The quantitative estimate of drug-likeness (QED) is 0.732. The van der Waals surface area contributed by atoms with Crippen LogP contribution in [-0.4, -0.2) is 74.9 Å². The van der Waals surface area contributed by atoms with E-state index in [4.69, 9.17) is 4.74 Å². The first-order valence-corrected chi connectivity index (χ1v) is 6.64. The highest BCUT2D eigenvalue weighted by Gasteiger charge is 2.18. The Morgan fingerprint density at radius 1 is 1.19 bits per heavy atom. The van der Waals surface area contributed by atoms with Crippen molar-refractivity contribution in [2.24, 2.45) is 0 Å². The van der Waals surface area contributed by atoms with E-state index in [0.29, 0.717) is 6.04 Å². The van der Waals surface area contributed by atoms with E-state index in [9.17, 15) is 0 Å². The van der Waals surface area contributed by atoms with Gasteiger partial charge in [0.25, 0.3) is 0 Å². The molecule has 0 aromatic carbocycles. The van der Waals surface area contributed by atoms with Crippen LogP contribution in [0, 0.1) is 0 Å². The number of hydrogen-bond donors (Lipinski definition) is 1. The van der Waals surface area contributed by atoms with Crippen LogP contribution in [0.1, 0.15) is 13.3 Å². The molecule has 2 saturated heterocycles. The lowest BCUT2D eigenvalue weighted by molar-refractivity contribution is 0.0655. The van der Waals surface area contributed by atoms with E-state index in [1.807, 2.05) is 0 Å². The van der Waals surface area contributed by atoms with Crippen LogP contribution in [0.5, 0.6) is 0 Å². The Hall–Kier alpha value is -0.160. The Labute approximate surface area is 98.9 Å². The van der Waals surface area contributed by atoms with Crippen molar-refractivity contribution in [2.45, 2.75) is 19.4 Å². The number of likely N-dealkylation sites (N-methyl/N-ethyl adjacent to an activating group) is 1. The van der Waals surface area contributed by atoms with Gasteiger partial charge < -0.3 is 19.9 Å². The third-order valence-electron chi connectivity index (χ3n) is 3.70. The van der Waals surface area contributed by atoms with Crippen LogP contribution in [-0.2, 0) is 4.74 Å². The summed E-state index contributed by atoms with van der Waals surface area (Å²) in [6, 6.07) is 0.581. The van der Waals surface area contributed by atoms with Crippen molar-refractivity contribution in [2.75, 3.05) is 59.0 Å². The number of nitrogens with one attached hydrogen (secondary N) is 1. The van der Waals surface area contributed by atoms with Crippen LogP contribution in [0.4, 0.5) is 0 Å². The summed E-state index contributed by atoms with van der Waals surface area (Å²) in [6.45, 7) is 12.4. The first-order chi connectivity index (χ1) is 7.88. The van der Waals surface area contributed by atoms with Gasteiger partial charge >= 0.3 is 0 Å². The second-order valence-electron chi connectivity index (χ2n) is 4.79. The molecule has 0 bridgehead atoms. The van der Waals surface area contributed by atoms with Crippen LogP contribution < -0.4 is 5.32 Å². The number of nitrogens with zero attached hydrogens (tertiary/aromatic N) is 2. The zero-order valence-corrected chi connectivity index (χ0v) is 10.5. The molecule has 1 unspecified atom stereocenters. The molecule has 0 radical (unpaired) electrons. The van der Waals surface area contributed by atoms with Gasteiger partial charge in [0, 0.05) is 38.8 Å². The Balaban J connectivity index is 1.59. The zero-order chi connectivity index (χ0) is 11.2. The van der Waals surface area contributed by atoms with Crippen molar-refractivity contribution in [1.29, 1.82) is 0 Å². The monoisotopic (exact) mass is 227 g/mol. The van der Waals surface area contributed by atoms with Crippen LogP contribution in [0.2, 0.25) is 0 Å². The molecular formula is C12H25N3O. The zero-order valence-electron chi connectivity index (χ0n) is 10.5. The van der Waals surface area contributed by atoms with Gasteiger partial charge in [-0.05, 0) is 19.5 Å². The summed E-state index contributed by atoms with van der Waals surface area (Å²) in [5.41, 5.74) is 0. The highest BCUT2D eigenvalue weighted by Crippen LogP contribution is 2.05. The molecule has 0 aromatic heterocycles. The van der Waals surface area contributed by atoms with Gasteiger partial charge in [0.1, 0.15) is 0 Å². The molecular weight excluding hydrogens is 202 g/mol. The van der Waals surface area contributed by atoms with Gasteiger partial charge in [-0.25, -0.2) is 0 Å². The van der Waals surface area contributed by atoms with E-state index in [1.54, 1.807) is 0 Å². The molecule has 1 N–H and O–H groups in total. The predicted octanol–water partition coefficient (Wildman–Crippen LogP) is 0.00240. The van der Waals surface area contributed by atoms with Crippen molar-refractivity contribution >= 4 is 0 Å². The summed E-state index contributed by atoms with van der Waals surface area (Å²) >= 11 is 0. The molecule has 4 nitrogen and oxygen atoms in total. The molecule has 2 heterocycles. The maximum Gasteiger partial charge on any atom is 0.0620 e. The average Bonchev–Trinajstić information content (AvgIpc) is 2.38. The fourth-order valence-corrected chi connectivity index (χ4v) is 2.47. The lowest BCUT2D eigenvalue weighted by atomic mass is 10.2. The highest BCUT2D eigenvalue weighted by molar-refractivity contribution is 4.75. The van der Waals surface area contributed by atoms with Crippen LogP contribution >= 0.6 is 0 Å². The maximum atomic E-state index is 5.47. The lowest BCUT2D eigenvalue weighted by Gasteiger charge is -2.35. The Kier molecular flexibility index (Phi) is 5.03. The standard InChI is InChI=1S/C12H25N3O/c1-2-14-6-8-15(9-7-14)5-3-12-11-16-10-4-13-12/h12-13H,2-11H2,1H3. The summed E-state index contributed by atoms with van der Waals surface area (Å²) in [5.74, 6) is 0. The summed E-state index contributed by atoms with van der Waals surface area (Å²) in [6.07, 6.45) is 1.23. The van der Waals surface area contributed by atoms with Gasteiger partial charge in [0.05, 0.1) is 13.2 Å². The minimum Gasteiger partial charge on any atom is -0.379 e. The van der Waals surface area contributed by atoms with Crippen LogP contribution in [0.25, 0.3) is 0 Å². The van der Waals surface area contributed by atoms with Gasteiger partial charge in [0.2, 0.25) is 0 Å². The summed E-state index contributed by atoms with van der Waals surface area (Å²) < 4.78 is 5.47. The van der Waals surface area contributed by atoms with Crippen molar-refractivity contribution in [3.63, 3.8) is 0 Å². The van der Waals surface area contributed by atoms with E-state index in [2.05, 4.69) is 22.0 Å². The molecule has 16 heavy (non-hydrogen) atoms. The smallest absolute Gasteiger partial charge is 0.0620 e. The molecule has 0 amide bonds. The molecule has 0 aliphatic carbocycles. The highest BCUT2D eigenvalue weighted by atomic mass is 16.5. The van der Waals surface area contributed by atoms with Crippen molar-refractivity contribution in [3.8, 4) is 0 Å². The Morgan fingerprint density at radius 3 is 2.56 bits per heavy atom. The normalized spacial score (nSPS) is 29.4. The van der Waals surface area contributed by atoms with Gasteiger partial charge in [-0.3, -0.25) is 0 Å². The molecule has 1 atom stereocenters. The largest absolute Gasteiger partial charge is 0.379 e. The van der Waals surface area contributed by atoms with Gasteiger partial charge in [-0.2, -0.15) is 0 Å². The van der Waals surface area contributed by atoms with E-state index in [-0.39, 0.29) is 0 Å². The van der Waals surface area contributed by atoms with Crippen LogP contribution in [0.3, 0.4) is 0 Å². The van der Waals surface area contributed by atoms with E-state index < -0.39 is 0 Å². The summed E-state index contributed by atoms with van der Waals surface area (Å²) in [5, 5.41) is 3.52. The molecule has 0 aromatic rings. The lowest BCUT2D eigenvalue weighted by Crippen LogP contribution is -2.48. The second kappa shape index (κ2) is 6.55. The minimum atomic E-state index is 0.581. The topological polar surface area (TPSA) is 27.7 Å². The number of ether oxygens (including phenoxy) is 1. The molecule has 2 rings (SSSR count). The molecule has 94 valence electrons. The number of rotatable bonds is 4. The third-order valence-corrected chi connectivity index (χ3v) is 3.70. The average molecular weight is 227 g/mol. The van der Waals surface area contributed by atoms with Crippen molar-refractivity contribution in [3.05, 3.63) is 0 Å². The molecule has 2 fully saturated rings. The Bertz CT molecular complexity index is 187. The van der Waals surface area contributed by atoms with Gasteiger partial charge in [-0.1, -0.05) is 6.92 Å². The van der Waals surface area contributed by atoms with Gasteiger partial charge in [-0.15, -0.1) is 0 Å². The first-order valence-electron chi connectivity index (χ1n) is 6.64. The Morgan fingerprint density at radius 2 is 1.94 bits per heavy atom. The van der Waals surface area contributed by atoms with E-state index in [1.165, 1.54) is 45.7 Å². The predicted molar refractivity (Wildman–Crippen MR) is 65.8 cm³/mol. The maximum absolute atomic E-state index is 5.47. The summed E-state index contributed by atoms with van der Waals surface area (Å²) in [4.78, 5) is 5.11. The molecule has 0 saturated carbocycles. The molecule has 4 heteroatoms. The number of piperazine rings is 1. The van der Waals surface area contributed by atoms with Crippen molar-refractivity contribution in [1.82, 2.24) is 15.1 Å². The van der Waals surface area contributed by atoms with E-state index >= 15 is 0 Å². The van der Waals surface area contributed by atoms with E-state index in [0.717, 1.165) is 19.8 Å². The molecule has 2 aliphatic rings. The minimum absolute atomic E-state index is 0.581.